The zero-order valence-electron chi connectivity index (χ0n) is 16.3. The molecule has 0 aliphatic carbocycles. The zero-order chi connectivity index (χ0) is 21.5. The summed E-state index contributed by atoms with van der Waals surface area (Å²) in [5.74, 6) is 0.597. The molecule has 0 amide bonds. The molecule has 2 aromatic carbocycles. The van der Waals surface area contributed by atoms with E-state index in [1.807, 2.05) is 42.7 Å². The highest BCUT2D eigenvalue weighted by Crippen LogP contribution is 2.31. The van der Waals surface area contributed by atoms with Gasteiger partial charge in [-0.05, 0) is 29.5 Å². The number of halogens is 2. The maximum absolute atomic E-state index is 12.6. The largest absolute Gasteiger partial charge is 0.465 e. The molecule has 9 heteroatoms. The first kappa shape index (κ1) is 22.7. The van der Waals surface area contributed by atoms with Crippen molar-refractivity contribution in [3.05, 3.63) is 75.3 Å². The molecule has 5 nitrogen and oxygen atoms in total. The number of benzene rings is 2. The van der Waals surface area contributed by atoms with E-state index >= 15 is 0 Å². The van der Waals surface area contributed by atoms with Crippen LogP contribution in [0.3, 0.4) is 0 Å². The van der Waals surface area contributed by atoms with Crippen molar-refractivity contribution in [3.63, 3.8) is 0 Å². The lowest BCUT2D eigenvalue weighted by atomic mass is 10.2. The number of thioether (sulfide) groups is 2. The van der Waals surface area contributed by atoms with Gasteiger partial charge in [-0.1, -0.05) is 71.4 Å². The molecule has 1 aromatic heterocycles. The third-order valence-electron chi connectivity index (χ3n) is 4.09. The average Bonchev–Trinajstić information content (AvgIpc) is 2.78. The fraction of sp³-hybridized carbons (Fsp3) is 0.190. The summed E-state index contributed by atoms with van der Waals surface area (Å²) in [6.45, 7) is 0.411. The van der Waals surface area contributed by atoms with E-state index in [1.54, 1.807) is 12.1 Å². The van der Waals surface area contributed by atoms with Crippen LogP contribution in [-0.4, -0.2) is 29.3 Å². The smallest absolute Gasteiger partial charge is 0.344 e. The number of ether oxygens (including phenoxy) is 1. The highest BCUT2D eigenvalue weighted by Gasteiger charge is 2.22. The second-order valence-electron chi connectivity index (χ2n) is 6.11. The normalized spacial score (nSPS) is 10.7. The van der Waals surface area contributed by atoms with E-state index in [9.17, 15) is 4.79 Å². The highest BCUT2D eigenvalue weighted by atomic mass is 35.5. The summed E-state index contributed by atoms with van der Waals surface area (Å²) in [4.78, 5) is 21.6. The number of rotatable bonds is 8. The molecule has 0 aliphatic heterocycles. The summed E-state index contributed by atoms with van der Waals surface area (Å²) in [7, 11) is 1.35. The Hall–Kier alpha value is -1.93. The number of esters is 1. The molecule has 0 saturated carbocycles. The number of nitrogens with one attached hydrogen (secondary N) is 1. The number of anilines is 1. The lowest BCUT2D eigenvalue weighted by Gasteiger charge is -2.15. The Labute approximate surface area is 193 Å². The average molecular weight is 480 g/mol. The van der Waals surface area contributed by atoms with Gasteiger partial charge < -0.3 is 10.1 Å². The Kier molecular flexibility index (Phi) is 8.27. The molecule has 3 rings (SSSR count). The van der Waals surface area contributed by atoms with Crippen LogP contribution >= 0.6 is 46.7 Å². The van der Waals surface area contributed by atoms with Gasteiger partial charge in [0.1, 0.15) is 16.4 Å². The number of hydrogen-bond acceptors (Lipinski definition) is 7. The number of carbonyl (C=O) groups excluding carboxylic acids is 1. The number of carbonyl (C=O) groups is 1. The van der Waals surface area contributed by atoms with Gasteiger partial charge in [-0.2, -0.15) is 0 Å². The molecule has 0 spiro atoms. The monoisotopic (exact) mass is 479 g/mol. The van der Waals surface area contributed by atoms with E-state index in [0.717, 1.165) is 11.1 Å². The predicted molar refractivity (Wildman–Crippen MR) is 125 cm³/mol. The minimum Gasteiger partial charge on any atom is -0.465 e. The van der Waals surface area contributed by atoms with Crippen LogP contribution in [0.2, 0.25) is 10.0 Å². The first-order valence-corrected chi connectivity index (χ1v) is 11.9. The molecule has 0 fully saturated rings. The number of methoxy groups -OCH3 is 1. The van der Waals surface area contributed by atoms with Crippen molar-refractivity contribution < 1.29 is 9.53 Å². The van der Waals surface area contributed by atoms with Gasteiger partial charge in [-0.25, -0.2) is 14.8 Å². The molecule has 0 aliphatic rings. The minimum absolute atomic E-state index is 0.316. The Morgan fingerprint density at radius 2 is 1.83 bits per heavy atom. The van der Waals surface area contributed by atoms with E-state index in [0.29, 0.717) is 43.9 Å². The van der Waals surface area contributed by atoms with E-state index < -0.39 is 5.97 Å². The SMILES string of the molecule is COC(=O)c1c(NCc2ccc(Cl)c(Cl)c2)nc(SC)nc1SCc1ccccc1. The van der Waals surface area contributed by atoms with Gasteiger partial charge in [0.15, 0.2) is 5.16 Å². The van der Waals surface area contributed by atoms with Gasteiger partial charge in [0, 0.05) is 12.3 Å². The summed E-state index contributed by atoms with van der Waals surface area (Å²) in [6, 6.07) is 15.4. The second-order valence-corrected chi connectivity index (χ2v) is 8.66. The summed E-state index contributed by atoms with van der Waals surface area (Å²) in [5, 5.41) is 5.32. The van der Waals surface area contributed by atoms with Crippen LogP contribution in [0.5, 0.6) is 0 Å². The number of aromatic nitrogens is 2. The van der Waals surface area contributed by atoms with Gasteiger partial charge in [0.2, 0.25) is 0 Å². The molecular weight excluding hydrogens is 461 g/mol. The van der Waals surface area contributed by atoms with Crippen molar-refractivity contribution in [2.75, 3.05) is 18.7 Å². The van der Waals surface area contributed by atoms with Gasteiger partial charge in [-0.15, -0.1) is 11.8 Å². The van der Waals surface area contributed by atoms with Gasteiger partial charge in [0.05, 0.1) is 17.2 Å². The predicted octanol–water partition coefficient (Wildman–Crippen LogP) is 6.20. The Morgan fingerprint density at radius 1 is 1.07 bits per heavy atom. The number of hydrogen-bond donors (Lipinski definition) is 1. The Balaban J connectivity index is 1.91. The Bertz CT molecular complexity index is 1040. The van der Waals surface area contributed by atoms with Crippen LogP contribution < -0.4 is 5.32 Å². The van der Waals surface area contributed by atoms with E-state index in [4.69, 9.17) is 27.9 Å². The first-order valence-electron chi connectivity index (χ1n) is 8.90. The molecule has 0 saturated heterocycles. The van der Waals surface area contributed by atoms with Crippen molar-refractivity contribution in [2.24, 2.45) is 0 Å². The molecule has 0 unspecified atom stereocenters. The molecule has 1 N–H and O–H groups in total. The molecule has 1 heterocycles. The molecule has 30 heavy (non-hydrogen) atoms. The van der Waals surface area contributed by atoms with Crippen molar-refractivity contribution in [3.8, 4) is 0 Å². The molecule has 0 bridgehead atoms. The molecule has 0 atom stereocenters. The van der Waals surface area contributed by atoms with Gasteiger partial charge in [-0.3, -0.25) is 0 Å². The standard InChI is InChI=1S/C21H19Cl2N3O2S2/c1-28-20(27)17-18(24-11-14-8-9-15(22)16(23)10-14)25-21(29-2)26-19(17)30-12-13-6-4-3-5-7-13/h3-10H,11-12H2,1-2H3,(H,24,25,26). The molecule has 0 radical (unpaired) electrons. The Morgan fingerprint density at radius 3 is 2.50 bits per heavy atom. The third kappa shape index (κ3) is 5.82. The summed E-state index contributed by atoms with van der Waals surface area (Å²) in [6.07, 6.45) is 1.89. The minimum atomic E-state index is -0.491. The summed E-state index contributed by atoms with van der Waals surface area (Å²) >= 11 is 15.0. The van der Waals surface area contributed by atoms with Crippen LogP contribution in [0.25, 0.3) is 0 Å². The van der Waals surface area contributed by atoms with Crippen LogP contribution in [-0.2, 0) is 17.0 Å². The maximum atomic E-state index is 12.6. The van der Waals surface area contributed by atoms with Crippen molar-refractivity contribution in [1.29, 1.82) is 0 Å². The summed E-state index contributed by atoms with van der Waals surface area (Å²) in [5.41, 5.74) is 2.35. The topological polar surface area (TPSA) is 64.1 Å². The van der Waals surface area contributed by atoms with Crippen LogP contribution in [0.1, 0.15) is 21.5 Å². The fourth-order valence-electron chi connectivity index (χ4n) is 2.59. The van der Waals surface area contributed by atoms with Crippen LogP contribution in [0.15, 0.2) is 58.7 Å². The quantitative estimate of drug-likeness (QED) is 0.178. The van der Waals surface area contributed by atoms with Crippen molar-refractivity contribution in [1.82, 2.24) is 9.97 Å². The maximum Gasteiger partial charge on any atom is 0.344 e. The van der Waals surface area contributed by atoms with E-state index in [2.05, 4.69) is 15.3 Å². The van der Waals surface area contributed by atoms with E-state index in [1.165, 1.54) is 30.6 Å². The fourth-order valence-corrected chi connectivity index (χ4v) is 4.31. The molecule has 156 valence electrons. The second kappa shape index (κ2) is 10.9. The summed E-state index contributed by atoms with van der Waals surface area (Å²) < 4.78 is 5.01. The zero-order valence-corrected chi connectivity index (χ0v) is 19.5. The van der Waals surface area contributed by atoms with Gasteiger partial charge >= 0.3 is 5.97 Å². The van der Waals surface area contributed by atoms with Crippen LogP contribution in [0.4, 0.5) is 5.82 Å². The lowest BCUT2D eigenvalue weighted by molar-refractivity contribution is 0.0596. The van der Waals surface area contributed by atoms with E-state index in [-0.39, 0.29) is 0 Å². The van der Waals surface area contributed by atoms with Gasteiger partial charge in [0.25, 0.3) is 0 Å². The van der Waals surface area contributed by atoms with Crippen molar-refractivity contribution >= 4 is 58.5 Å². The molecular formula is C21H19Cl2N3O2S2. The van der Waals surface area contributed by atoms with Crippen molar-refractivity contribution in [2.45, 2.75) is 22.5 Å². The lowest BCUT2D eigenvalue weighted by Crippen LogP contribution is -2.13. The molecule has 3 aromatic rings. The third-order valence-corrected chi connectivity index (χ3v) is 6.42. The number of nitrogens with zero attached hydrogens (tertiary/aromatic N) is 2. The van der Waals surface area contributed by atoms with Crippen LogP contribution in [0, 0.1) is 0 Å². The highest BCUT2D eigenvalue weighted by molar-refractivity contribution is 7.99. The first-order chi connectivity index (χ1) is 14.5.